The highest BCUT2D eigenvalue weighted by Crippen LogP contribution is 2.15. The second kappa shape index (κ2) is 5.31. The van der Waals surface area contributed by atoms with Gasteiger partial charge >= 0.3 is 6.09 Å². The zero-order chi connectivity index (χ0) is 13.0. The standard InChI is InChI=1S/C12H9F2NO3/c13-8-3-4-10(14)11(6-8)15-12(16)18-7-9-2-1-5-17-9/h1-6H,7H2,(H,15,16). The van der Waals surface area contributed by atoms with E-state index in [1.807, 2.05) is 0 Å². The van der Waals surface area contributed by atoms with Crippen molar-refractivity contribution >= 4 is 11.8 Å². The summed E-state index contributed by atoms with van der Waals surface area (Å²) in [5.74, 6) is -0.950. The van der Waals surface area contributed by atoms with Gasteiger partial charge in [-0.15, -0.1) is 0 Å². The molecule has 0 fully saturated rings. The molecule has 0 aliphatic heterocycles. The Hall–Kier alpha value is -2.37. The van der Waals surface area contributed by atoms with Gasteiger partial charge < -0.3 is 9.15 Å². The number of anilines is 1. The van der Waals surface area contributed by atoms with E-state index in [1.54, 1.807) is 12.1 Å². The number of ether oxygens (including phenoxy) is 1. The summed E-state index contributed by atoms with van der Waals surface area (Å²) in [6, 6.07) is 5.99. The predicted octanol–water partition coefficient (Wildman–Crippen LogP) is 3.31. The fourth-order valence-electron chi connectivity index (χ4n) is 1.27. The van der Waals surface area contributed by atoms with Crippen LogP contribution in [0.2, 0.25) is 0 Å². The minimum atomic E-state index is -0.893. The smallest absolute Gasteiger partial charge is 0.412 e. The molecule has 1 N–H and O–H groups in total. The Kier molecular flexibility index (Phi) is 3.57. The number of nitrogens with one attached hydrogen (secondary N) is 1. The summed E-state index contributed by atoms with van der Waals surface area (Å²) in [5.41, 5.74) is -0.278. The minimum absolute atomic E-state index is 0.0875. The molecule has 0 radical (unpaired) electrons. The van der Waals surface area contributed by atoms with Crippen LogP contribution in [0.3, 0.4) is 0 Å². The van der Waals surface area contributed by atoms with E-state index in [2.05, 4.69) is 5.32 Å². The molecule has 1 heterocycles. The van der Waals surface area contributed by atoms with Gasteiger partial charge in [0.1, 0.15) is 17.4 Å². The summed E-state index contributed by atoms with van der Waals surface area (Å²) in [6.07, 6.45) is 0.541. The molecule has 2 rings (SSSR count). The van der Waals surface area contributed by atoms with Crippen LogP contribution in [-0.2, 0) is 11.3 Å². The summed E-state index contributed by atoms with van der Waals surface area (Å²) < 4.78 is 35.7. The van der Waals surface area contributed by atoms with E-state index in [1.165, 1.54) is 6.26 Å². The molecule has 0 saturated heterocycles. The van der Waals surface area contributed by atoms with Gasteiger partial charge in [0, 0.05) is 6.07 Å². The van der Waals surface area contributed by atoms with E-state index >= 15 is 0 Å². The van der Waals surface area contributed by atoms with E-state index in [-0.39, 0.29) is 12.3 Å². The number of hydrogen-bond donors (Lipinski definition) is 1. The van der Waals surface area contributed by atoms with Crippen LogP contribution in [0.5, 0.6) is 0 Å². The molecule has 4 nitrogen and oxygen atoms in total. The Morgan fingerprint density at radius 3 is 2.89 bits per heavy atom. The highest BCUT2D eigenvalue weighted by Gasteiger charge is 2.09. The molecule has 0 saturated carbocycles. The second-order valence-corrected chi connectivity index (χ2v) is 3.40. The number of benzene rings is 1. The quantitative estimate of drug-likeness (QED) is 0.912. The average molecular weight is 253 g/mol. The van der Waals surface area contributed by atoms with Gasteiger partial charge in [0.05, 0.1) is 12.0 Å². The Morgan fingerprint density at radius 1 is 1.33 bits per heavy atom. The van der Waals surface area contributed by atoms with Crippen LogP contribution in [0.15, 0.2) is 41.0 Å². The van der Waals surface area contributed by atoms with Crippen LogP contribution < -0.4 is 5.32 Å². The van der Waals surface area contributed by atoms with Crippen molar-refractivity contribution in [3.63, 3.8) is 0 Å². The molecule has 1 aromatic carbocycles. The Balaban J connectivity index is 1.92. The summed E-state index contributed by atoms with van der Waals surface area (Å²) in [7, 11) is 0. The van der Waals surface area contributed by atoms with Crippen LogP contribution in [0.4, 0.5) is 19.3 Å². The second-order valence-electron chi connectivity index (χ2n) is 3.40. The van der Waals surface area contributed by atoms with Crippen molar-refractivity contribution in [3.8, 4) is 0 Å². The van der Waals surface area contributed by atoms with Crippen LogP contribution in [0.25, 0.3) is 0 Å². The van der Waals surface area contributed by atoms with E-state index in [0.717, 1.165) is 18.2 Å². The molecule has 18 heavy (non-hydrogen) atoms. The molecule has 0 aliphatic carbocycles. The third-order valence-electron chi connectivity index (χ3n) is 2.09. The maximum Gasteiger partial charge on any atom is 0.412 e. The minimum Gasteiger partial charge on any atom is -0.466 e. The van der Waals surface area contributed by atoms with Gasteiger partial charge in [-0.1, -0.05) is 0 Å². The summed E-state index contributed by atoms with van der Waals surface area (Å²) in [4.78, 5) is 11.3. The van der Waals surface area contributed by atoms with Gasteiger partial charge in [-0.2, -0.15) is 0 Å². The number of carbonyl (C=O) groups excluding carboxylic acids is 1. The van der Waals surface area contributed by atoms with Crippen molar-refractivity contribution in [2.45, 2.75) is 6.61 Å². The van der Waals surface area contributed by atoms with Crippen molar-refractivity contribution in [3.05, 3.63) is 54.0 Å². The monoisotopic (exact) mass is 253 g/mol. The molecule has 0 spiro atoms. The SMILES string of the molecule is O=C(Nc1cc(F)ccc1F)OCc1ccco1. The molecule has 6 heteroatoms. The zero-order valence-electron chi connectivity index (χ0n) is 9.15. The fourth-order valence-corrected chi connectivity index (χ4v) is 1.27. The lowest BCUT2D eigenvalue weighted by Crippen LogP contribution is -2.14. The average Bonchev–Trinajstić information content (AvgIpc) is 2.84. The lowest BCUT2D eigenvalue weighted by atomic mass is 10.3. The highest BCUT2D eigenvalue weighted by molar-refractivity contribution is 5.84. The van der Waals surface area contributed by atoms with Crippen LogP contribution in [0.1, 0.15) is 5.76 Å². The number of furan rings is 1. The normalized spacial score (nSPS) is 10.1. The van der Waals surface area contributed by atoms with Gasteiger partial charge in [-0.3, -0.25) is 5.32 Å². The van der Waals surface area contributed by atoms with Gasteiger partial charge in [0.15, 0.2) is 6.61 Å². The maximum absolute atomic E-state index is 13.2. The van der Waals surface area contributed by atoms with Gasteiger partial charge in [-0.05, 0) is 24.3 Å². The van der Waals surface area contributed by atoms with E-state index in [0.29, 0.717) is 5.76 Å². The maximum atomic E-state index is 13.2. The first-order valence-corrected chi connectivity index (χ1v) is 5.06. The summed E-state index contributed by atoms with van der Waals surface area (Å²) >= 11 is 0. The lowest BCUT2D eigenvalue weighted by Gasteiger charge is -2.06. The van der Waals surface area contributed by atoms with E-state index in [4.69, 9.17) is 9.15 Å². The Morgan fingerprint density at radius 2 is 2.17 bits per heavy atom. The zero-order valence-corrected chi connectivity index (χ0v) is 9.15. The molecule has 0 unspecified atom stereocenters. The van der Waals surface area contributed by atoms with Crippen molar-refractivity contribution in [1.29, 1.82) is 0 Å². The molecule has 1 amide bonds. The number of rotatable bonds is 3. The molecule has 1 aromatic heterocycles. The molecule has 94 valence electrons. The number of hydrogen-bond acceptors (Lipinski definition) is 3. The lowest BCUT2D eigenvalue weighted by molar-refractivity contribution is 0.146. The number of carbonyl (C=O) groups is 1. The predicted molar refractivity (Wildman–Crippen MR) is 58.9 cm³/mol. The van der Waals surface area contributed by atoms with E-state index < -0.39 is 17.7 Å². The first-order chi connectivity index (χ1) is 8.65. The van der Waals surface area contributed by atoms with Crippen LogP contribution >= 0.6 is 0 Å². The molecule has 0 bridgehead atoms. The van der Waals surface area contributed by atoms with Crippen LogP contribution in [-0.4, -0.2) is 6.09 Å². The molecule has 0 aliphatic rings. The first kappa shape index (κ1) is 12.1. The summed E-state index contributed by atoms with van der Waals surface area (Å²) in [5, 5.41) is 2.10. The number of halogens is 2. The van der Waals surface area contributed by atoms with E-state index in [9.17, 15) is 13.6 Å². The Labute approximate surface area is 101 Å². The fraction of sp³-hybridized carbons (Fsp3) is 0.0833. The van der Waals surface area contributed by atoms with Gasteiger partial charge in [0.25, 0.3) is 0 Å². The topological polar surface area (TPSA) is 51.5 Å². The van der Waals surface area contributed by atoms with Gasteiger partial charge in [0.2, 0.25) is 0 Å². The van der Waals surface area contributed by atoms with Gasteiger partial charge in [-0.25, -0.2) is 13.6 Å². The van der Waals surface area contributed by atoms with Crippen molar-refractivity contribution in [2.24, 2.45) is 0 Å². The third kappa shape index (κ3) is 3.07. The molecular weight excluding hydrogens is 244 g/mol. The van der Waals surface area contributed by atoms with Crippen LogP contribution in [0, 0.1) is 11.6 Å². The van der Waals surface area contributed by atoms with Crippen molar-refractivity contribution in [2.75, 3.05) is 5.32 Å². The molecule has 0 atom stereocenters. The van der Waals surface area contributed by atoms with Crippen molar-refractivity contribution in [1.82, 2.24) is 0 Å². The summed E-state index contributed by atoms with van der Waals surface area (Å²) in [6.45, 7) is -0.0875. The molecule has 2 aromatic rings. The van der Waals surface area contributed by atoms with Crippen molar-refractivity contribution < 1.29 is 22.7 Å². The third-order valence-corrected chi connectivity index (χ3v) is 2.09. The molecular formula is C12H9F2NO3. The highest BCUT2D eigenvalue weighted by atomic mass is 19.1. The first-order valence-electron chi connectivity index (χ1n) is 5.06. The largest absolute Gasteiger partial charge is 0.466 e. The number of amides is 1. The Bertz CT molecular complexity index is 540.